The molecule has 1 aromatic carbocycles. The molecule has 176 valence electrons. The van der Waals surface area contributed by atoms with Crippen molar-refractivity contribution in [2.24, 2.45) is 0 Å². The van der Waals surface area contributed by atoms with Crippen LogP contribution >= 0.6 is 0 Å². The Bertz CT molecular complexity index is 1240. The molecule has 0 radical (unpaired) electrons. The van der Waals surface area contributed by atoms with Crippen LogP contribution in [-0.2, 0) is 16.1 Å². The van der Waals surface area contributed by atoms with Crippen molar-refractivity contribution >= 4 is 35.0 Å². The molecule has 0 aliphatic carbocycles. The van der Waals surface area contributed by atoms with E-state index in [0.29, 0.717) is 28.5 Å². The summed E-state index contributed by atoms with van der Waals surface area (Å²) in [5, 5.41) is 6.04. The first-order valence-corrected chi connectivity index (χ1v) is 10.9. The van der Waals surface area contributed by atoms with Crippen LogP contribution in [0, 0.1) is 0 Å². The summed E-state index contributed by atoms with van der Waals surface area (Å²) in [6.45, 7) is 6.87. The molecule has 3 heterocycles. The van der Waals surface area contributed by atoms with Crippen molar-refractivity contribution in [3.63, 3.8) is 0 Å². The van der Waals surface area contributed by atoms with Gasteiger partial charge in [-0.1, -0.05) is 18.2 Å². The molecule has 9 nitrogen and oxygen atoms in total. The zero-order valence-corrected chi connectivity index (χ0v) is 19.6. The number of carbonyl (C=O) groups excluding carboxylic acids is 3. The minimum atomic E-state index is -0.668. The fraction of sp³-hybridized carbons (Fsp3) is 0.280. The number of ketones is 1. The molecule has 3 aromatic rings. The zero-order valence-electron chi connectivity index (χ0n) is 19.6. The molecular formula is C25H27N5O4. The van der Waals surface area contributed by atoms with Gasteiger partial charge in [0.2, 0.25) is 5.91 Å². The number of H-pyrrole nitrogens is 1. The lowest BCUT2D eigenvalue weighted by Crippen LogP contribution is -2.42. The average molecular weight is 462 g/mol. The van der Waals surface area contributed by atoms with Gasteiger partial charge in [-0.2, -0.15) is 0 Å². The van der Waals surface area contributed by atoms with E-state index in [4.69, 9.17) is 4.74 Å². The highest BCUT2D eigenvalue weighted by Gasteiger charge is 2.34. The molecule has 0 atom stereocenters. The maximum absolute atomic E-state index is 13.3. The molecule has 4 rings (SSSR count). The van der Waals surface area contributed by atoms with Gasteiger partial charge in [-0.3, -0.25) is 14.5 Å². The topological polar surface area (TPSA) is 116 Å². The Hall–Kier alpha value is -4.14. The first-order valence-electron chi connectivity index (χ1n) is 10.9. The number of para-hydroxylation sites is 1. The molecule has 0 saturated carbocycles. The molecule has 0 bridgehead atoms. The third kappa shape index (κ3) is 5.09. The van der Waals surface area contributed by atoms with Gasteiger partial charge >= 0.3 is 6.09 Å². The smallest absolute Gasteiger partial charge is 0.411 e. The number of aromatic amines is 1. The minimum Gasteiger partial charge on any atom is -0.444 e. The quantitative estimate of drug-likeness (QED) is 0.518. The van der Waals surface area contributed by atoms with E-state index < -0.39 is 11.7 Å². The molecule has 9 heteroatoms. The Morgan fingerprint density at radius 3 is 2.53 bits per heavy atom. The second-order valence-electron chi connectivity index (χ2n) is 9.09. The highest BCUT2D eigenvalue weighted by molar-refractivity contribution is 6.09. The number of ether oxygens (including phenoxy) is 1. The number of nitrogens with one attached hydrogen (secondary N) is 3. The second kappa shape index (κ2) is 9.01. The summed E-state index contributed by atoms with van der Waals surface area (Å²) in [6, 6.07) is 13.0. The van der Waals surface area contributed by atoms with Crippen LogP contribution < -0.4 is 10.6 Å². The number of rotatable bonds is 4. The maximum Gasteiger partial charge on any atom is 0.411 e. The van der Waals surface area contributed by atoms with E-state index in [9.17, 15) is 14.4 Å². The SMILES string of the molecule is CC(=O)Nc1cc(-c2[nH]c3c(c2Nc2ccccc2)C(=O)CN(C(=O)OC(C)(C)C)C3)ccn1. The van der Waals surface area contributed by atoms with Crippen molar-refractivity contribution in [1.29, 1.82) is 0 Å². The number of benzene rings is 1. The fourth-order valence-corrected chi connectivity index (χ4v) is 3.77. The standard InChI is InChI=1S/C25H27N5O4/c1-15(31)27-20-12-16(10-11-26-20)22-23(28-17-8-6-5-7-9-17)21-18(29-22)13-30(14-19(21)32)24(33)34-25(2,3)4/h5-12,28-29H,13-14H2,1-4H3,(H,26,27,31). The van der Waals surface area contributed by atoms with Gasteiger partial charge < -0.3 is 20.4 Å². The molecule has 1 aliphatic rings. The predicted octanol–water partition coefficient (Wildman–Crippen LogP) is 4.71. The lowest BCUT2D eigenvalue weighted by Gasteiger charge is -2.29. The van der Waals surface area contributed by atoms with E-state index in [1.807, 2.05) is 30.3 Å². The molecule has 3 N–H and O–H groups in total. The molecule has 0 spiro atoms. The van der Waals surface area contributed by atoms with E-state index in [-0.39, 0.29) is 24.8 Å². The Morgan fingerprint density at radius 2 is 1.85 bits per heavy atom. The Labute approximate surface area is 197 Å². The number of hydrogen-bond donors (Lipinski definition) is 3. The second-order valence-corrected chi connectivity index (χ2v) is 9.09. The van der Waals surface area contributed by atoms with Gasteiger partial charge in [-0.25, -0.2) is 9.78 Å². The number of pyridine rings is 1. The van der Waals surface area contributed by atoms with Crippen molar-refractivity contribution in [2.75, 3.05) is 17.2 Å². The van der Waals surface area contributed by atoms with Crippen LogP contribution in [-0.4, -0.2) is 44.8 Å². The maximum atomic E-state index is 13.3. The van der Waals surface area contributed by atoms with Gasteiger partial charge in [-0.05, 0) is 45.0 Å². The van der Waals surface area contributed by atoms with Gasteiger partial charge in [0, 0.05) is 30.1 Å². The number of hydrogen-bond acceptors (Lipinski definition) is 6. The summed E-state index contributed by atoms with van der Waals surface area (Å²) >= 11 is 0. The highest BCUT2D eigenvalue weighted by atomic mass is 16.6. The highest BCUT2D eigenvalue weighted by Crippen LogP contribution is 2.38. The van der Waals surface area contributed by atoms with Crippen molar-refractivity contribution in [2.45, 2.75) is 39.8 Å². The number of aromatic nitrogens is 2. The van der Waals surface area contributed by atoms with E-state index >= 15 is 0 Å². The number of fused-ring (bicyclic) bond motifs is 1. The van der Waals surface area contributed by atoms with Crippen LogP contribution in [0.15, 0.2) is 48.7 Å². The van der Waals surface area contributed by atoms with E-state index in [0.717, 1.165) is 11.3 Å². The largest absolute Gasteiger partial charge is 0.444 e. The van der Waals surface area contributed by atoms with E-state index in [1.54, 1.807) is 39.1 Å². The van der Waals surface area contributed by atoms with Crippen LogP contribution in [0.5, 0.6) is 0 Å². The van der Waals surface area contributed by atoms with E-state index in [1.165, 1.54) is 11.8 Å². The van der Waals surface area contributed by atoms with Gasteiger partial charge in [0.1, 0.15) is 11.4 Å². The van der Waals surface area contributed by atoms with Crippen molar-refractivity contribution in [3.8, 4) is 11.3 Å². The summed E-state index contributed by atoms with van der Waals surface area (Å²) in [5.74, 6) is -0.0460. The van der Waals surface area contributed by atoms with Crippen LogP contribution in [0.1, 0.15) is 43.7 Å². The molecule has 1 aliphatic heterocycles. The molecule has 0 fully saturated rings. The average Bonchev–Trinajstić information content (AvgIpc) is 3.12. The van der Waals surface area contributed by atoms with Crippen molar-refractivity contribution < 1.29 is 19.1 Å². The van der Waals surface area contributed by atoms with E-state index in [2.05, 4.69) is 20.6 Å². The Kier molecular flexibility index (Phi) is 6.10. The molecular weight excluding hydrogens is 434 g/mol. The lowest BCUT2D eigenvalue weighted by atomic mass is 10.0. The van der Waals surface area contributed by atoms with Crippen LogP contribution in [0.25, 0.3) is 11.3 Å². The summed E-state index contributed by atoms with van der Waals surface area (Å²) in [5.41, 5.74) is 3.23. The third-order valence-corrected chi connectivity index (χ3v) is 5.09. The number of Topliss-reactive ketones (excluding diaryl/α,β-unsaturated/α-hetero) is 1. The predicted molar refractivity (Wildman–Crippen MR) is 129 cm³/mol. The molecule has 34 heavy (non-hydrogen) atoms. The summed E-state index contributed by atoms with van der Waals surface area (Å²) in [4.78, 5) is 46.3. The first kappa shape index (κ1) is 23.0. The summed E-state index contributed by atoms with van der Waals surface area (Å²) in [7, 11) is 0. The number of carbonyl (C=O) groups is 3. The number of amides is 2. The third-order valence-electron chi connectivity index (χ3n) is 5.09. The van der Waals surface area contributed by atoms with Crippen LogP contribution in [0.2, 0.25) is 0 Å². The fourth-order valence-electron chi connectivity index (χ4n) is 3.77. The molecule has 0 saturated heterocycles. The molecule has 2 amide bonds. The van der Waals surface area contributed by atoms with Crippen LogP contribution in [0.3, 0.4) is 0 Å². The summed E-state index contributed by atoms with van der Waals surface area (Å²) < 4.78 is 5.47. The lowest BCUT2D eigenvalue weighted by molar-refractivity contribution is -0.114. The van der Waals surface area contributed by atoms with Crippen LogP contribution in [0.4, 0.5) is 22.0 Å². The van der Waals surface area contributed by atoms with Crippen molar-refractivity contribution in [3.05, 3.63) is 59.9 Å². The number of nitrogens with zero attached hydrogens (tertiary/aromatic N) is 2. The van der Waals surface area contributed by atoms with Gasteiger partial charge in [0.25, 0.3) is 0 Å². The normalized spacial score (nSPS) is 13.3. The Balaban J connectivity index is 1.77. The first-order chi connectivity index (χ1) is 16.1. The molecule has 0 unspecified atom stereocenters. The minimum absolute atomic E-state index is 0.0871. The molecule has 2 aromatic heterocycles. The van der Waals surface area contributed by atoms with Gasteiger partial charge in [-0.15, -0.1) is 0 Å². The number of anilines is 3. The van der Waals surface area contributed by atoms with Gasteiger partial charge in [0.05, 0.1) is 30.0 Å². The monoisotopic (exact) mass is 461 g/mol. The Morgan fingerprint density at radius 1 is 1.12 bits per heavy atom. The zero-order chi connectivity index (χ0) is 24.5. The van der Waals surface area contributed by atoms with Crippen molar-refractivity contribution in [1.82, 2.24) is 14.9 Å². The van der Waals surface area contributed by atoms with Gasteiger partial charge in [0.15, 0.2) is 5.78 Å². The summed E-state index contributed by atoms with van der Waals surface area (Å²) in [6.07, 6.45) is 1.04.